The first-order valence-corrected chi connectivity index (χ1v) is 3.88. The Labute approximate surface area is 65.4 Å². The Morgan fingerprint density at radius 3 is 2.20 bits per heavy atom. The van der Waals surface area contributed by atoms with Gasteiger partial charge in [-0.1, -0.05) is 6.92 Å². The average molecular weight is 164 g/mol. The molecular formula is C6H12O3S. The lowest BCUT2D eigenvalue weighted by molar-refractivity contribution is 0.0213. The van der Waals surface area contributed by atoms with E-state index in [0.717, 1.165) is 0 Å². The number of thiol groups is 1. The lowest BCUT2D eigenvalue weighted by Gasteiger charge is -2.10. The number of aliphatic hydroxyl groups excluding tert-OH is 2. The van der Waals surface area contributed by atoms with Crippen LogP contribution in [0.3, 0.4) is 0 Å². The molecule has 1 rings (SSSR count). The standard InChI is InChI=1S/C6H12O3S/c1-2-3-4(7)5(8)6(10)9-3/h3-8,10H,2H2,1H3. The van der Waals surface area contributed by atoms with Crippen molar-refractivity contribution in [3.05, 3.63) is 0 Å². The van der Waals surface area contributed by atoms with Crippen molar-refractivity contribution in [2.24, 2.45) is 0 Å². The van der Waals surface area contributed by atoms with Gasteiger partial charge in [-0.2, -0.15) is 0 Å². The molecule has 0 saturated carbocycles. The molecule has 2 N–H and O–H groups in total. The van der Waals surface area contributed by atoms with E-state index >= 15 is 0 Å². The van der Waals surface area contributed by atoms with Crippen molar-refractivity contribution in [3.8, 4) is 0 Å². The molecule has 10 heavy (non-hydrogen) atoms. The van der Waals surface area contributed by atoms with Crippen LogP contribution in [0.5, 0.6) is 0 Å². The molecule has 1 aliphatic rings. The Morgan fingerprint density at radius 1 is 1.40 bits per heavy atom. The Morgan fingerprint density at radius 2 is 2.00 bits per heavy atom. The fourth-order valence-electron chi connectivity index (χ4n) is 1.07. The smallest absolute Gasteiger partial charge is 0.129 e. The SMILES string of the molecule is CCC1OC(S)C(O)C1O. The Kier molecular flexibility index (Phi) is 2.57. The highest BCUT2D eigenvalue weighted by Crippen LogP contribution is 2.24. The third-order valence-electron chi connectivity index (χ3n) is 1.74. The lowest BCUT2D eigenvalue weighted by Crippen LogP contribution is -2.30. The minimum Gasteiger partial charge on any atom is -0.388 e. The highest BCUT2D eigenvalue weighted by Gasteiger charge is 2.39. The molecule has 0 bridgehead atoms. The second-order valence-corrected chi connectivity index (χ2v) is 2.96. The zero-order chi connectivity index (χ0) is 7.72. The molecule has 0 spiro atoms. The zero-order valence-corrected chi connectivity index (χ0v) is 6.66. The fraction of sp³-hybridized carbons (Fsp3) is 1.00. The van der Waals surface area contributed by atoms with Gasteiger partial charge in [0.1, 0.15) is 17.6 Å². The van der Waals surface area contributed by atoms with Crippen LogP contribution in [0.4, 0.5) is 0 Å². The van der Waals surface area contributed by atoms with Gasteiger partial charge in [-0.3, -0.25) is 0 Å². The molecule has 60 valence electrons. The second kappa shape index (κ2) is 3.09. The van der Waals surface area contributed by atoms with Crippen LogP contribution in [0, 0.1) is 0 Å². The van der Waals surface area contributed by atoms with Crippen LogP contribution in [-0.4, -0.2) is 34.0 Å². The second-order valence-electron chi connectivity index (χ2n) is 2.45. The molecule has 0 amide bonds. The van der Waals surface area contributed by atoms with E-state index in [2.05, 4.69) is 12.6 Å². The third kappa shape index (κ3) is 1.29. The van der Waals surface area contributed by atoms with Gasteiger partial charge in [0.25, 0.3) is 0 Å². The van der Waals surface area contributed by atoms with E-state index in [1.165, 1.54) is 0 Å². The summed E-state index contributed by atoms with van der Waals surface area (Å²) < 4.78 is 5.10. The maximum absolute atomic E-state index is 9.20. The molecule has 0 aliphatic carbocycles. The summed E-state index contributed by atoms with van der Waals surface area (Å²) in [7, 11) is 0. The van der Waals surface area contributed by atoms with Crippen LogP contribution < -0.4 is 0 Å². The van der Waals surface area contributed by atoms with Gasteiger partial charge in [0, 0.05) is 0 Å². The molecule has 0 aromatic carbocycles. The maximum Gasteiger partial charge on any atom is 0.129 e. The van der Waals surface area contributed by atoms with E-state index in [1.54, 1.807) is 0 Å². The summed E-state index contributed by atoms with van der Waals surface area (Å²) in [5.41, 5.74) is -0.528. The molecule has 1 heterocycles. The molecule has 4 unspecified atom stereocenters. The van der Waals surface area contributed by atoms with Crippen molar-refractivity contribution in [3.63, 3.8) is 0 Å². The molecule has 0 aromatic rings. The first kappa shape index (κ1) is 8.33. The summed E-state index contributed by atoms with van der Waals surface area (Å²) in [6.07, 6.45) is -1.16. The van der Waals surface area contributed by atoms with E-state index < -0.39 is 17.6 Å². The number of aliphatic hydroxyl groups is 2. The minimum absolute atomic E-state index is 0.252. The summed E-state index contributed by atoms with van der Waals surface area (Å²) in [5.74, 6) is 0. The van der Waals surface area contributed by atoms with Crippen LogP contribution >= 0.6 is 12.6 Å². The predicted molar refractivity (Wildman–Crippen MR) is 40.0 cm³/mol. The van der Waals surface area contributed by atoms with E-state index in [4.69, 9.17) is 9.84 Å². The summed E-state index contributed by atoms with van der Waals surface area (Å²) in [6.45, 7) is 1.90. The summed E-state index contributed by atoms with van der Waals surface area (Å²) >= 11 is 3.93. The van der Waals surface area contributed by atoms with E-state index in [1.807, 2.05) is 6.92 Å². The Hall–Kier alpha value is 0.230. The van der Waals surface area contributed by atoms with Crippen molar-refractivity contribution in [1.29, 1.82) is 0 Å². The predicted octanol–water partition coefficient (Wildman–Crippen LogP) is -0.227. The number of rotatable bonds is 1. The summed E-state index contributed by atoms with van der Waals surface area (Å²) in [4.78, 5) is 0. The summed E-state index contributed by atoms with van der Waals surface area (Å²) in [5, 5.41) is 18.3. The van der Waals surface area contributed by atoms with Gasteiger partial charge in [-0.25, -0.2) is 0 Å². The molecule has 4 atom stereocenters. The Balaban J connectivity index is 2.53. The average Bonchev–Trinajstić information content (AvgIpc) is 2.17. The van der Waals surface area contributed by atoms with E-state index in [0.29, 0.717) is 6.42 Å². The van der Waals surface area contributed by atoms with Gasteiger partial charge in [0.05, 0.1) is 6.10 Å². The third-order valence-corrected chi connectivity index (χ3v) is 2.17. The molecule has 1 saturated heterocycles. The van der Waals surface area contributed by atoms with Crippen molar-refractivity contribution in [2.75, 3.05) is 0 Å². The maximum atomic E-state index is 9.20. The van der Waals surface area contributed by atoms with E-state index in [9.17, 15) is 5.11 Å². The summed E-state index contributed by atoms with van der Waals surface area (Å²) in [6, 6.07) is 0. The lowest BCUT2D eigenvalue weighted by atomic mass is 10.1. The number of ether oxygens (including phenoxy) is 1. The molecule has 3 nitrogen and oxygen atoms in total. The van der Waals surface area contributed by atoms with Crippen molar-refractivity contribution in [2.45, 2.75) is 37.1 Å². The largest absolute Gasteiger partial charge is 0.388 e. The van der Waals surface area contributed by atoms with Crippen molar-refractivity contribution < 1.29 is 14.9 Å². The molecule has 1 aliphatic heterocycles. The normalized spacial score (nSPS) is 48.0. The van der Waals surface area contributed by atoms with Gasteiger partial charge in [-0.05, 0) is 6.42 Å². The van der Waals surface area contributed by atoms with Gasteiger partial charge >= 0.3 is 0 Å². The van der Waals surface area contributed by atoms with Crippen LogP contribution in [0.25, 0.3) is 0 Å². The topological polar surface area (TPSA) is 49.7 Å². The number of hydrogen-bond donors (Lipinski definition) is 3. The molecule has 0 aromatic heterocycles. The molecule has 0 radical (unpaired) electrons. The van der Waals surface area contributed by atoms with Gasteiger partial charge in [0.2, 0.25) is 0 Å². The van der Waals surface area contributed by atoms with Gasteiger partial charge in [-0.15, -0.1) is 12.6 Å². The number of hydrogen-bond acceptors (Lipinski definition) is 4. The van der Waals surface area contributed by atoms with Gasteiger partial charge < -0.3 is 14.9 Å². The minimum atomic E-state index is -0.840. The van der Waals surface area contributed by atoms with Crippen LogP contribution in [-0.2, 0) is 4.74 Å². The van der Waals surface area contributed by atoms with Crippen LogP contribution in [0.1, 0.15) is 13.3 Å². The first-order chi connectivity index (χ1) is 4.66. The highest BCUT2D eigenvalue weighted by molar-refractivity contribution is 7.80. The Bertz CT molecular complexity index is 120. The fourth-order valence-corrected chi connectivity index (χ4v) is 1.40. The van der Waals surface area contributed by atoms with Crippen molar-refractivity contribution >= 4 is 12.6 Å². The van der Waals surface area contributed by atoms with E-state index in [-0.39, 0.29) is 6.10 Å². The zero-order valence-electron chi connectivity index (χ0n) is 5.77. The van der Waals surface area contributed by atoms with Crippen LogP contribution in [0.2, 0.25) is 0 Å². The highest BCUT2D eigenvalue weighted by atomic mass is 32.1. The quantitative estimate of drug-likeness (QED) is 0.469. The van der Waals surface area contributed by atoms with Crippen molar-refractivity contribution in [1.82, 2.24) is 0 Å². The monoisotopic (exact) mass is 164 g/mol. The molecule has 4 heteroatoms. The molecule has 1 fully saturated rings. The van der Waals surface area contributed by atoms with Gasteiger partial charge in [0.15, 0.2) is 0 Å². The first-order valence-electron chi connectivity index (χ1n) is 3.36. The molecular weight excluding hydrogens is 152 g/mol. The van der Waals surface area contributed by atoms with Crippen LogP contribution in [0.15, 0.2) is 0 Å².